The molecule has 82 valence electrons. The Morgan fingerprint density at radius 3 is 2.07 bits per heavy atom. The molecule has 2 saturated heterocycles. The maximum Gasteiger partial charge on any atom is 0.0119 e. The molecule has 0 atom stereocenters. The lowest BCUT2D eigenvalue weighted by Crippen LogP contribution is -2.51. The Morgan fingerprint density at radius 2 is 1.50 bits per heavy atom. The fourth-order valence-corrected chi connectivity index (χ4v) is 2.47. The van der Waals surface area contributed by atoms with E-state index >= 15 is 0 Å². The van der Waals surface area contributed by atoms with E-state index < -0.39 is 0 Å². The van der Waals surface area contributed by atoms with Gasteiger partial charge in [0.05, 0.1) is 0 Å². The number of hydrogen-bond acceptors (Lipinski definition) is 3. The van der Waals surface area contributed by atoms with E-state index in [1.54, 1.807) is 0 Å². The summed E-state index contributed by atoms with van der Waals surface area (Å²) in [6.45, 7) is 7.36. The van der Waals surface area contributed by atoms with Gasteiger partial charge in [-0.25, -0.2) is 0 Å². The number of piperazine rings is 1. The molecular formula is C11H22N3-. The van der Waals surface area contributed by atoms with Crippen LogP contribution >= 0.6 is 0 Å². The Labute approximate surface area is 87.7 Å². The lowest BCUT2D eigenvalue weighted by Gasteiger charge is -2.43. The molecule has 0 radical (unpaired) electrons. The third-order valence-corrected chi connectivity index (χ3v) is 3.61. The van der Waals surface area contributed by atoms with Crippen LogP contribution in [0.2, 0.25) is 0 Å². The van der Waals surface area contributed by atoms with E-state index in [-0.39, 0.29) is 0 Å². The van der Waals surface area contributed by atoms with Crippen LogP contribution in [-0.2, 0) is 0 Å². The first-order chi connectivity index (χ1) is 6.75. The Kier molecular flexibility index (Phi) is 3.42. The maximum atomic E-state index is 4.00. The minimum Gasteiger partial charge on any atom is -0.459 e. The van der Waals surface area contributed by atoms with Crippen molar-refractivity contribution in [3.63, 3.8) is 0 Å². The van der Waals surface area contributed by atoms with E-state index in [4.69, 9.17) is 0 Å². The first-order valence-electron chi connectivity index (χ1n) is 5.74. The van der Waals surface area contributed by atoms with Gasteiger partial charge in [-0.1, -0.05) is 0 Å². The quantitative estimate of drug-likeness (QED) is 0.565. The molecule has 0 amide bonds. The van der Waals surface area contributed by atoms with Crippen LogP contribution in [0.4, 0.5) is 0 Å². The van der Waals surface area contributed by atoms with Gasteiger partial charge in [0.25, 0.3) is 0 Å². The summed E-state index contributed by atoms with van der Waals surface area (Å²) < 4.78 is 0. The zero-order valence-electron chi connectivity index (χ0n) is 9.28. The van der Waals surface area contributed by atoms with Crippen molar-refractivity contribution in [1.82, 2.24) is 14.7 Å². The molecule has 2 aliphatic heterocycles. The van der Waals surface area contributed by atoms with Gasteiger partial charge in [-0.3, -0.25) is 11.9 Å². The predicted octanol–water partition coefficient (Wildman–Crippen LogP) is 0.490. The second-order valence-corrected chi connectivity index (χ2v) is 4.69. The van der Waals surface area contributed by atoms with E-state index in [2.05, 4.69) is 28.8 Å². The molecule has 3 heteroatoms. The molecule has 0 aromatic rings. The summed E-state index contributed by atoms with van der Waals surface area (Å²) in [5.74, 6) is 0. The van der Waals surface area contributed by atoms with Gasteiger partial charge in [-0.05, 0) is 33.0 Å². The van der Waals surface area contributed by atoms with E-state index in [1.807, 2.05) is 0 Å². The molecule has 0 aliphatic carbocycles. The van der Waals surface area contributed by atoms with Crippen LogP contribution in [0.1, 0.15) is 12.8 Å². The second kappa shape index (κ2) is 4.60. The number of nitrogens with zero attached hydrogens (tertiary/aromatic N) is 3. The van der Waals surface area contributed by atoms with Gasteiger partial charge in [-0.15, -0.1) is 0 Å². The zero-order valence-corrected chi connectivity index (χ0v) is 9.28. The minimum absolute atomic E-state index is 0.835. The summed E-state index contributed by atoms with van der Waals surface area (Å²) in [7, 11) is 6.21. The van der Waals surface area contributed by atoms with Gasteiger partial charge < -0.3 is 9.80 Å². The van der Waals surface area contributed by atoms with Crippen LogP contribution in [-0.4, -0.2) is 67.1 Å². The van der Waals surface area contributed by atoms with Gasteiger partial charge in [-0.2, -0.15) is 0 Å². The minimum atomic E-state index is 0.835. The lowest BCUT2D eigenvalue weighted by atomic mass is 10.0. The number of rotatable bonds is 1. The fourth-order valence-electron chi connectivity index (χ4n) is 2.47. The molecule has 2 heterocycles. The molecule has 0 aromatic heterocycles. The molecule has 0 saturated carbocycles. The smallest absolute Gasteiger partial charge is 0.0119 e. The summed E-state index contributed by atoms with van der Waals surface area (Å²) in [5, 5.41) is 0. The van der Waals surface area contributed by atoms with Crippen molar-refractivity contribution in [3.05, 3.63) is 7.05 Å². The summed E-state index contributed by atoms with van der Waals surface area (Å²) in [5.41, 5.74) is 0. The highest BCUT2D eigenvalue weighted by Gasteiger charge is 2.23. The van der Waals surface area contributed by atoms with Gasteiger partial charge in [0, 0.05) is 32.2 Å². The van der Waals surface area contributed by atoms with E-state index in [0.717, 1.165) is 6.04 Å². The van der Waals surface area contributed by atoms with E-state index in [1.165, 1.54) is 52.1 Å². The van der Waals surface area contributed by atoms with Crippen molar-refractivity contribution in [2.45, 2.75) is 18.9 Å². The first-order valence-corrected chi connectivity index (χ1v) is 5.74. The van der Waals surface area contributed by atoms with Gasteiger partial charge in [0.2, 0.25) is 0 Å². The monoisotopic (exact) mass is 196 g/mol. The van der Waals surface area contributed by atoms with Crippen LogP contribution < -0.4 is 0 Å². The van der Waals surface area contributed by atoms with Gasteiger partial charge >= 0.3 is 0 Å². The summed E-state index contributed by atoms with van der Waals surface area (Å²) in [6.07, 6.45) is 2.63. The molecule has 0 bridgehead atoms. The summed E-state index contributed by atoms with van der Waals surface area (Å²) >= 11 is 0. The third-order valence-electron chi connectivity index (χ3n) is 3.61. The summed E-state index contributed by atoms with van der Waals surface area (Å²) in [6, 6.07) is 0.835. The average molecular weight is 196 g/mol. The van der Waals surface area contributed by atoms with Crippen molar-refractivity contribution in [1.29, 1.82) is 0 Å². The van der Waals surface area contributed by atoms with Crippen molar-refractivity contribution >= 4 is 0 Å². The number of likely N-dealkylation sites (tertiary alicyclic amines) is 1. The van der Waals surface area contributed by atoms with Crippen LogP contribution in [0.5, 0.6) is 0 Å². The Bertz CT molecular complexity index is 147. The highest BCUT2D eigenvalue weighted by atomic mass is 15.3. The lowest BCUT2D eigenvalue weighted by molar-refractivity contribution is 0.0777. The number of piperidine rings is 1. The molecule has 0 aromatic carbocycles. The Hall–Kier alpha value is -0.120. The molecule has 0 N–H and O–H groups in total. The fraction of sp³-hybridized carbons (Fsp3) is 0.909. The van der Waals surface area contributed by atoms with Crippen molar-refractivity contribution in [2.24, 2.45) is 0 Å². The maximum absolute atomic E-state index is 4.00. The average Bonchev–Trinajstić information content (AvgIpc) is 2.21. The standard InChI is InChI=1S/C11H22N3/c1-12-5-3-11(4-6-12)14-9-7-13(2)8-10-14/h11H,1,3-10H2,2H3/q-1. The van der Waals surface area contributed by atoms with E-state index in [9.17, 15) is 0 Å². The zero-order chi connectivity index (χ0) is 9.97. The second-order valence-electron chi connectivity index (χ2n) is 4.69. The molecule has 0 spiro atoms. The van der Waals surface area contributed by atoms with Crippen LogP contribution in [0.15, 0.2) is 0 Å². The van der Waals surface area contributed by atoms with E-state index in [0.29, 0.717) is 0 Å². The first kappa shape index (κ1) is 10.4. The van der Waals surface area contributed by atoms with Gasteiger partial charge in [0.15, 0.2) is 0 Å². The molecule has 2 fully saturated rings. The Morgan fingerprint density at radius 1 is 0.929 bits per heavy atom. The van der Waals surface area contributed by atoms with Gasteiger partial charge in [0.1, 0.15) is 0 Å². The number of likely N-dealkylation sites (N-methyl/N-ethyl adjacent to an activating group) is 1. The SMILES string of the molecule is [CH2-]N1CCC(N2CCN(C)CC2)CC1. The third kappa shape index (κ3) is 2.47. The largest absolute Gasteiger partial charge is 0.459 e. The Balaban J connectivity index is 1.78. The molecule has 2 rings (SSSR count). The molecule has 3 nitrogen and oxygen atoms in total. The van der Waals surface area contributed by atoms with Crippen LogP contribution in [0.3, 0.4) is 0 Å². The normalized spacial score (nSPS) is 29.6. The highest BCUT2D eigenvalue weighted by molar-refractivity contribution is 4.82. The number of hydrogen-bond donors (Lipinski definition) is 0. The van der Waals surface area contributed by atoms with Crippen LogP contribution in [0, 0.1) is 7.05 Å². The van der Waals surface area contributed by atoms with Crippen molar-refractivity contribution < 1.29 is 0 Å². The molecule has 0 unspecified atom stereocenters. The topological polar surface area (TPSA) is 9.72 Å². The summed E-state index contributed by atoms with van der Waals surface area (Å²) in [4.78, 5) is 7.30. The van der Waals surface area contributed by atoms with Crippen molar-refractivity contribution in [3.8, 4) is 0 Å². The van der Waals surface area contributed by atoms with Crippen molar-refractivity contribution in [2.75, 3.05) is 46.3 Å². The molecule has 2 aliphatic rings. The highest BCUT2D eigenvalue weighted by Crippen LogP contribution is 2.17. The molecular weight excluding hydrogens is 174 g/mol. The van der Waals surface area contributed by atoms with Crippen LogP contribution in [0.25, 0.3) is 0 Å². The predicted molar refractivity (Wildman–Crippen MR) is 59.0 cm³/mol. The molecule has 14 heavy (non-hydrogen) atoms.